The van der Waals surface area contributed by atoms with E-state index in [0.717, 1.165) is 11.8 Å². The molecule has 0 amide bonds. The summed E-state index contributed by atoms with van der Waals surface area (Å²) in [6.45, 7) is 6.01. The van der Waals surface area contributed by atoms with Gasteiger partial charge in [-0.25, -0.2) is 0 Å². The Morgan fingerprint density at radius 3 is 2.67 bits per heavy atom. The van der Waals surface area contributed by atoms with Gasteiger partial charge < -0.3 is 0 Å². The lowest BCUT2D eigenvalue weighted by Gasteiger charge is -2.11. The molecule has 1 aromatic rings. The van der Waals surface area contributed by atoms with Crippen LogP contribution in [0.4, 0.5) is 0 Å². The number of benzene rings is 1. The quantitative estimate of drug-likeness (QED) is 0.463. The van der Waals surface area contributed by atoms with Crippen LogP contribution >= 0.6 is 0 Å². The molecule has 0 atom stereocenters. The van der Waals surface area contributed by atoms with Crippen LogP contribution in [0.25, 0.3) is 0 Å². The highest BCUT2D eigenvalue weighted by Gasteiger charge is 2.07. The zero-order valence-electron chi connectivity index (χ0n) is 10.8. The summed E-state index contributed by atoms with van der Waals surface area (Å²) in [5.74, 6) is 0. The van der Waals surface area contributed by atoms with E-state index in [1.54, 1.807) is 24.4 Å². The van der Waals surface area contributed by atoms with Crippen molar-refractivity contribution in [2.45, 2.75) is 20.8 Å². The molecule has 92 valence electrons. The van der Waals surface area contributed by atoms with Crippen molar-refractivity contribution in [2.24, 2.45) is 10.4 Å². The van der Waals surface area contributed by atoms with Gasteiger partial charge in [0.2, 0.25) is 0 Å². The van der Waals surface area contributed by atoms with Crippen molar-refractivity contribution >= 4 is 12.5 Å². The van der Waals surface area contributed by atoms with E-state index in [9.17, 15) is 4.79 Å². The molecule has 18 heavy (non-hydrogen) atoms. The zero-order valence-corrected chi connectivity index (χ0v) is 10.8. The molecule has 0 heterocycles. The van der Waals surface area contributed by atoms with Gasteiger partial charge in [-0.05, 0) is 29.2 Å². The SMILES string of the molecule is CC(C)(C)/C=C(C=O)\N=C\c1cccc(C#N)c1. The monoisotopic (exact) mass is 240 g/mol. The van der Waals surface area contributed by atoms with E-state index in [2.05, 4.69) is 11.1 Å². The van der Waals surface area contributed by atoms with Crippen molar-refractivity contribution in [1.29, 1.82) is 5.26 Å². The topological polar surface area (TPSA) is 53.2 Å². The third kappa shape index (κ3) is 4.75. The van der Waals surface area contributed by atoms with Crippen molar-refractivity contribution in [3.05, 3.63) is 47.2 Å². The van der Waals surface area contributed by atoms with Crippen molar-refractivity contribution in [3.8, 4) is 6.07 Å². The fraction of sp³-hybridized carbons (Fsp3) is 0.267. The first kappa shape index (κ1) is 13.9. The minimum Gasteiger partial charge on any atom is -0.296 e. The summed E-state index contributed by atoms with van der Waals surface area (Å²) >= 11 is 0. The summed E-state index contributed by atoms with van der Waals surface area (Å²) in [6, 6.07) is 9.13. The van der Waals surface area contributed by atoms with Crippen molar-refractivity contribution in [2.75, 3.05) is 0 Å². The van der Waals surface area contributed by atoms with Gasteiger partial charge in [-0.2, -0.15) is 5.26 Å². The highest BCUT2D eigenvalue weighted by atomic mass is 16.1. The molecule has 1 aromatic carbocycles. The molecule has 3 heteroatoms. The minimum absolute atomic E-state index is 0.0952. The van der Waals surface area contributed by atoms with Crippen molar-refractivity contribution in [3.63, 3.8) is 0 Å². The van der Waals surface area contributed by atoms with E-state index in [0.29, 0.717) is 11.3 Å². The van der Waals surface area contributed by atoms with Gasteiger partial charge >= 0.3 is 0 Å². The maximum atomic E-state index is 10.9. The molecule has 0 unspecified atom stereocenters. The summed E-state index contributed by atoms with van der Waals surface area (Å²) in [4.78, 5) is 15.0. The molecule has 0 aliphatic carbocycles. The third-order valence-corrected chi connectivity index (χ3v) is 2.08. The van der Waals surface area contributed by atoms with Crippen LogP contribution < -0.4 is 0 Å². The summed E-state index contributed by atoms with van der Waals surface area (Å²) in [5.41, 5.74) is 1.68. The largest absolute Gasteiger partial charge is 0.296 e. The average Bonchev–Trinajstić information content (AvgIpc) is 2.33. The number of hydrogen-bond acceptors (Lipinski definition) is 3. The minimum atomic E-state index is -0.0952. The number of carbonyl (C=O) groups excluding carboxylic acids is 1. The van der Waals surface area contributed by atoms with Crippen LogP contribution in [-0.4, -0.2) is 12.5 Å². The zero-order chi connectivity index (χ0) is 13.6. The number of aldehydes is 1. The Morgan fingerprint density at radius 1 is 1.39 bits per heavy atom. The second-order valence-electron chi connectivity index (χ2n) is 5.05. The first-order valence-corrected chi connectivity index (χ1v) is 5.67. The second-order valence-corrected chi connectivity index (χ2v) is 5.05. The van der Waals surface area contributed by atoms with Gasteiger partial charge in [-0.1, -0.05) is 32.9 Å². The molecule has 0 aliphatic rings. The van der Waals surface area contributed by atoms with Gasteiger partial charge in [0.1, 0.15) is 0 Å². The lowest BCUT2D eigenvalue weighted by atomic mass is 9.95. The number of nitrogens with zero attached hydrogens (tertiary/aromatic N) is 2. The van der Waals surface area contributed by atoms with E-state index in [1.165, 1.54) is 0 Å². The Balaban J connectivity index is 2.95. The Hall–Kier alpha value is -2.21. The van der Waals surface area contributed by atoms with Crippen LogP contribution in [0, 0.1) is 16.7 Å². The predicted molar refractivity (Wildman–Crippen MR) is 72.4 cm³/mol. The molecular weight excluding hydrogens is 224 g/mol. The lowest BCUT2D eigenvalue weighted by molar-refractivity contribution is -0.105. The van der Waals surface area contributed by atoms with Gasteiger partial charge in [0.05, 0.1) is 17.3 Å². The molecule has 1 rings (SSSR count). The van der Waals surface area contributed by atoms with Crippen LogP contribution in [0.2, 0.25) is 0 Å². The number of rotatable bonds is 3. The van der Waals surface area contributed by atoms with Gasteiger partial charge in [-0.3, -0.25) is 9.79 Å². The van der Waals surface area contributed by atoms with E-state index >= 15 is 0 Å². The Bertz CT molecular complexity index is 528. The fourth-order valence-electron chi connectivity index (χ4n) is 1.38. The average molecular weight is 240 g/mol. The summed E-state index contributed by atoms with van der Waals surface area (Å²) in [7, 11) is 0. The van der Waals surface area contributed by atoms with Crippen molar-refractivity contribution in [1.82, 2.24) is 0 Å². The summed E-state index contributed by atoms with van der Waals surface area (Å²) in [5, 5.41) is 8.78. The normalized spacial score (nSPS) is 12.4. The van der Waals surface area contributed by atoms with Crippen LogP contribution in [0.5, 0.6) is 0 Å². The number of allylic oxidation sites excluding steroid dienone is 2. The number of hydrogen-bond donors (Lipinski definition) is 0. The standard InChI is InChI=1S/C15H16N2O/c1-15(2,3)8-14(11-18)17-10-13-6-4-5-12(7-13)9-16/h4-8,10-11H,1-3H3/b14-8-,17-10+. The van der Waals surface area contributed by atoms with Gasteiger partial charge in [0.15, 0.2) is 6.29 Å². The van der Waals surface area contributed by atoms with Gasteiger partial charge in [0, 0.05) is 6.21 Å². The van der Waals surface area contributed by atoms with Crippen LogP contribution in [0.3, 0.4) is 0 Å². The number of nitriles is 1. The van der Waals surface area contributed by atoms with E-state index in [4.69, 9.17) is 5.26 Å². The molecule has 0 saturated carbocycles. The molecule has 0 fully saturated rings. The molecule has 0 spiro atoms. The highest BCUT2D eigenvalue weighted by molar-refractivity contribution is 5.85. The highest BCUT2D eigenvalue weighted by Crippen LogP contribution is 2.17. The molecule has 0 aliphatic heterocycles. The van der Waals surface area contributed by atoms with Crippen LogP contribution in [0.1, 0.15) is 31.9 Å². The lowest BCUT2D eigenvalue weighted by Crippen LogP contribution is -2.01. The second kappa shape index (κ2) is 5.92. The van der Waals surface area contributed by atoms with E-state index < -0.39 is 0 Å². The predicted octanol–water partition coefficient (Wildman–Crippen LogP) is 3.11. The molecule has 0 saturated heterocycles. The molecule has 0 N–H and O–H groups in total. The molecule has 0 aromatic heterocycles. The van der Waals surface area contributed by atoms with Crippen LogP contribution in [0.15, 0.2) is 41.0 Å². The molecule has 3 nitrogen and oxygen atoms in total. The molecule has 0 radical (unpaired) electrons. The Labute approximate surface area is 107 Å². The van der Waals surface area contributed by atoms with Crippen molar-refractivity contribution < 1.29 is 4.79 Å². The molecule has 0 bridgehead atoms. The van der Waals surface area contributed by atoms with Gasteiger partial charge in [-0.15, -0.1) is 0 Å². The van der Waals surface area contributed by atoms with E-state index in [-0.39, 0.29) is 5.41 Å². The maximum absolute atomic E-state index is 10.9. The summed E-state index contributed by atoms with van der Waals surface area (Å²) in [6.07, 6.45) is 4.13. The maximum Gasteiger partial charge on any atom is 0.168 e. The number of carbonyl (C=O) groups is 1. The van der Waals surface area contributed by atoms with Crippen LogP contribution in [-0.2, 0) is 4.79 Å². The fourth-order valence-corrected chi connectivity index (χ4v) is 1.38. The Kier molecular flexibility index (Phi) is 4.56. The van der Waals surface area contributed by atoms with Gasteiger partial charge in [0.25, 0.3) is 0 Å². The summed E-state index contributed by atoms with van der Waals surface area (Å²) < 4.78 is 0. The smallest absolute Gasteiger partial charge is 0.168 e. The first-order chi connectivity index (χ1) is 8.44. The number of aliphatic imine (C=N–C) groups is 1. The first-order valence-electron chi connectivity index (χ1n) is 5.67. The molecular formula is C15H16N2O. The Morgan fingerprint density at radius 2 is 2.11 bits per heavy atom. The third-order valence-electron chi connectivity index (χ3n) is 2.08. The van der Waals surface area contributed by atoms with E-state index in [1.807, 2.05) is 32.9 Å².